The fourth-order valence-corrected chi connectivity index (χ4v) is 4.38. The SMILES string of the molecule is Cc1ccc(-c2ccc(C[C@@]3(C(N)=O)CCCN(C(=O)CCn4cnnn4)C3)cc2)cc1. The molecule has 32 heavy (non-hydrogen) atoms. The van der Waals surface area contributed by atoms with Crippen molar-refractivity contribution in [2.75, 3.05) is 13.1 Å². The van der Waals surface area contributed by atoms with Crippen LogP contribution in [0.5, 0.6) is 0 Å². The molecule has 1 aliphatic rings. The van der Waals surface area contributed by atoms with Gasteiger partial charge in [0.25, 0.3) is 0 Å². The number of hydrogen-bond donors (Lipinski definition) is 1. The van der Waals surface area contributed by atoms with Crippen LogP contribution in [0.15, 0.2) is 54.9 Å². The van der Waals surface area contributed by atoms with Crippen LogP contribution in [0.25, 0.3) is 11.1 Å². The zero-order chi connectivity index (χ0) is 22.6. The van der Waals surface area contributed by atoms with Gasteiger partial charge < -0.3 is 10.6 Å². The largest absolute Gasteiger partial charge is 0.369 e. The van der Waals surface area contributed by atoms with Crippen molar-refractivity contribution in [2.24, 2.45) is 11.1 Å². The highest BCUT2D eigenvalue weighted by atomic mass is 16.2. The van der Waals surface area contributed by atoms with Gasteiger partial charge in [0.1, 0.15) is 6.33 Å². The minimum atomic E-state index is -0.756. The van der Waals surface area contributed by atoms with Gasteiger partial charge in [-0.1, -0.05) is 54.1 Å². The van der Waals surface area contributed by atoms with Gasteiger partial charge in [0.2, 0.25) is 11.8 Å². The van der Waals surface area contributed by atoms with E-state index >= 15 is 0 Å². The number of amides is 2. The van der Waals surface area contributed by atoms with Crippen molar-refractivity contribution < 1.29 is 9.59 Å². The first-order valence-electron chi connectivity index (χ1n) is 10.9. The highest BCUT2D eigenvalue weighted by Crippen LogP contribution is 2.34. The standard InChI is InChI=1S/C24H28N6O2/c1-18-3-7-20(8-4-18)21-9-5-19(6-10-21)15-24(23(25)32)12-2-13-29(16-24)22(31)11-14-30-17-26-27-28-30/h3-10,17H,2,11-16H2,1H3,(H2,25,32)/t24-/m0/s1. The van der Waals surface area contributed by atoms with E-state index in [9.17, 15) is 9.59 Å². The highest BCUT2D eigenvalue weighted by Gasteiger charge is 2.42. The first kappa shape index (κ1) is 21.7. The molecule has 2 amide bonds. The lowest BCUT2D eigenvalue weighted by atomic mass is 9.74. The lowest BCUT2D eigenvalue weighted by Crippen LogP contribution is -2.53. The Hall–Kier alpha value is -3.55. The number of likely N-dealkylation sites (tertiary alicyclic amines) is 1. The molecule has 8 nitrogen and oxygen atoms in total. The van der Waals surface area contributed by atoms with Crippen LogP contribution >= 0.6 is 0 Å². The molecule has 1 fully saturated rings. The number of aromatic nitrogens is 4. The second-order valence-electron chi connectivity index (χ2n) is 8.63. The molecule has 4 rings (SSSR count). The number of nitrogens with two attached hydrogens (primary N) is 1. The van der Waals surface area contributed by atoms with E-state index in [-0.39, 0.29) is 18.2 Å². The van der Waals surface area contributed by atoms with Crippen LogP contribution in [-0.2, 0) is 22.6 Å². The number of hydrogen-bond acceptors (Lipinski definition) is 5. The van der Waals surface area contributed by atoms with Gasteiger partial charge in [0.15, 0.2) is 0 Å². The Balaban J connectivity index is 1.45. The molecule has 1 saturated heterocycles. The summed E-state index contributed by atoms with van der Waals surface area (Å²) >= 11 is 0. The van der Waals surface area contributed by atoms with Gasteiger partial charge >= 0.3 is 0 Å². The second kappa shape index (κ2) is 9.30. The number of tetrazole rings is 1. The number of carbonyl (C=O) groups excluding carboxylic acids is 2. The Kier molecular flexibility index (Phi) is 6.30. The molecule has 2 aromatic carbocycles. The molecular formula is C24H28N6O2. The van der Waals surface area contributed by atoms with E-state index in [0.717, 1.165) is 23.1 Å². The molecule has 1 atom stereocenters. The van der Waals surface area contributed by atoms with Crippen molar-refractivity contribution >= 4 is 11.8 Å². The molecule has 2 N–H and O–H groups in total. The molecule has 8 heteroatoms. The van der Waals surface area contributed by atoms with E-state index in [1.54, 1.807) is 4.90 Å². The van der Waals surface area contributed by atoms with Gasteiger partial charge in [0, 0.05) is 19.5 Å². The Labute approximate surface area is 187 Å². The summed E-state index contributed by atoms with van der Waals surface area (Å²) in [5.74, 6) is -0.362. The first-order valence-corrected chi connectivity index (χ1v) is 10.9. The quantitative estimate of drug-likeness (QED) is 0.617. The Morgan fingerprint density at radius 1 is 1.06 bits per heavy atom. The molecule has 0 unspecified atom stereocenters. The molecule has 0 bridgehead atoms. The maximum absolute atomic E-state index is 12.8. The third-order valence-electron chi connectivity index (χ3n) is 6.28. The molecule has 0 saturated carbocycles. The summed E-state index contributed by atoms with van der Waals surface area (Å²) in [4.78, 5) is 27.1. The summed E-state index contributed by atoms with van der Waals surface area (Å²) in [5, 5.41) is 11.0. The maximum Gasteiger partial charge on any atom is 0.225 e. The van der Waals surface area contributed by atoms with Crippen molar-refractivity contribution in [2.45, 2.75) is 39.2 Å². The van der Waals surface area contributed by atoms with Crippen molar-refractivity contribution in [1.82, 2.24) is 25.1 Å². The number of benzene rings is 2. The van der Waals surface area contributed by atoms with Gasteiger partial charge in [-0.2, -0.15) is 0 Å². The van der Waals surface area contributed by atoms with Crippen LogP contribution in [-0.4, -0.2) is 50.0 Å². The number of nitrogens with zero attached hydrogens (tertiary/aromatic N) is 5. The number of aryl methyl sites for hydroxylation is 2. The summed E-state index contributed by atoms with van der Waals surface area (Å²) in [6.07, 6.45) is 3.72. The van der Waals surface area contributed by atoms with Gasteiger partial charge in [0.05, 0.1) is 12.0 Å². The average molecular weight is 433 g/mol. The summed E-state index contributed by atoms with van der Waals surface area (Å²) < 4.78 is 1.53. The molecule has 3 aromatic rings. The fourth-order valence-electron chi connectivity index (χ4n) is 4.38. The van der Waals surface area contributed by atoms with Crippen molar-refractivity contribution in [3.8, 4) is 11.1 Å². The third-order valence-corrected chi connectivity index (χ3v) is 6.28. The van der Waals surface area contributed by atoms with Crippen LogP contribution < -0.4 is 5.73 Å². The number of primary amides is 1. The minimum absolute atomic E-state index is 0.0134. The van der Waals surface area contributed by atoms with Crippen LogP contribution in [0, 0.1) is 12.3 Å². The Bertz CT molecular complexity index is 1060. The van der Waals surface area contributed by atoms with Crippen LogP contribution in [0.2, 0.25) is 0 Å². The highest BCUT2D eigenvalue weighted by molar-refractivity contribution is 5.83. The lowest BCUT2D eigenvalue weighted by Gasteiger charge is -2.41. The minimum Gasteiger partial charge on any atom is -0.369 e. The van der Waals surface area contributed by atoms with E-state index in [1.165, 1.54) is 16.6 Å². The first-order chi connectivity index (χ1) is 15.4. The van der Waals surface area contributed by atoms with Crippen LogP contribution in [0.3, 0.4) is 0 Å². The van der Waals surface area contributed by atoms with Gasteiger partial charge in [-0.25, -0.2) is 4.68 Å². The number of carbonyl (C=O) groups is 2. The fraction of sp³-hybridized carbons (Fsp3) is 0.375. The third kappa shape index (κ3) is 4.85. The molecule has 0 aliphatic carbocycles. The monoisotopic (exact) mass is 432 g/mol. The van der Waals surface area contributed by atoms with Crippen molar-refractivity contribution in [3.63, 3.8) is 0 Å². The summed E-state index contributed by atoms with van der Waals surface area (Å²) in [5.41, 5.74) is 9.69. The molecule has 0 spiro atoms. The van der Waals surface area contributed by atoms with Gasteiger partial charge in [-0.15, -0.1) is 5.10 Å². The van der Waals surface area contributed by atoms with E-state index < -0.39 is 5.41 Å². The normalized spacial score (nSPS) is 18.5. The average Bonchev–Trinajstić information content (AvgIpc) is 3.32. The van der Waals surface area contributed by atoms with Crippen LogP contribution in [0.1, 0.15) is 30.4 Å². The summed E-state index contributed by atoms with van der Waals surface area (Å²) in [6.45, 7) is 3.46. The molecule has 0 radical (unpaired) electrons. The second-order valence-corrected chi connectivity index (χ2v) is 8.63. The molecule has 166 valence electrons. The summed E-state index contributed by atoms with van der Waals surface area (Å²) in [6, 6.07) is 16.7. The topological polar surface area (TPSA) is 107 Å². The summed E-state index contributed by atoms with van der Waals surface area (Å²) in [7, 11) is 0. The lowest BCUT2D eigenvalue weighted by molar-refractivity contribution is -0.140. The van der Waals surface area contributed by atoms with Crippen LogP contribution in [0.4, 0.5) is 0 Å². The molecule has 1 aromatic heterocycles. The van der Waals surface area contributed by atoms with E-state index in [0.29, 0.717) is 32.5 Å². The molecule has 1 aliphatic heterocycles. The maximum atomic E-state index is 12.8. The molecular weight excluding hydrogens is 404 g/mol. The smallest absolute Gasteiger partial charge is 0.225 e. The number of piperidine rings is 1. The van der Waals surface area contributed by atoms with Gasteiger partial charge in [-0.05, 0) is 53.3 Å². The van der Waals surface area contributed by atoms with E-state index in [1.807, 2.05) is 0 Å². The Morgan fingerprint density at radius 2 is 1.75 bits per heavy atom. The van der Waals surface area contributed by atoms with E-state index in [4.69, 9.17) is 5.73 Å². The Morgan fingerprint density at radius 3 is 2.38 bits per heavy atom. The number of rotatable bonds is 7. The van der Waals surface area contributed by atoms with Crippen molar-refractivity contribution in [3.05, 3.63) is 66.0 Å². The molecule has 2 heterocycles. The van der Waals surface area contributed by atoms with Crippen molar-refractivity contribution in [1.29, 1.82) is 0 Å². The predicted molar refractivity (Wildman–Crippen MR) is 120 cm³/mol. The zero-order valence-electron chi connectivity index (χ0n) is 18.3. The van der Waals surface area contributed by atoms with Gasteiger partial charge in [-0.3, -0.25) is 9.59 Å². The van der Waals surface area contributed by atoms with E-state index in [2.05, 4.69) is 71.0 Å². The predicted octanol–water partition coefficient (Wildman–Crippen LogP) is 2.38. The zero-order valence-corrected chi connectivity index (χ0v) is 18.3.